The van der Waals surface area contributed by atoms with Crippen LogP contribution in [0.5, 0.6) is 5.75 Å². The maximum Gasteiger partial charge on any atom is 0.234 e. The highest BCUT2D eigenvalue weighted by Crippen LogP contribution is 2.20. The van der Waals surface area contributed by atoms with Crippen LogP contribution >= 0.6 is 0 Å². The smallest absolute Gasteiger partial charge is 0.234 e. The van der Waals surface area contributed by atoms with Gasteiger partial charge in [-0.25, -0.2) is 0 Å². The predicted octanol–water partition coefficient (Wildman–Crippen LogP) is 2.36. The Balaban J connectivity index is 1.77. The molecule has 1 atom stereocenters. The minimum absolute atomic E-state index is 0.0295. The molecule has 5 heteroatoms. The van der Waals surface area contributed by atoms with Gasteiger partial charge in [-0.05, 0) is 63.4 Å². The average molecular weight is 334 g/mol. The van der Waals surface area contributed by atoms with E-state index in [1.165, 1.54) is 0 Å². The first kappa shape index (κ1) is 18.7. The molecule has 1 aliphatic heterocycles. The minimum Gasteiger partial charge on any atom is -0.491 e. The van der Waals surface area contributed by atoms with E-state index < -0.39 is 6.10 Å². The van der Waals surface area contributed by atoms with E-state index in [-0.39, 0.29) is 18.6 Å². The number of amides is 1. The Labute approximate surface area is 145 Å². The molecule has 1 aromatic rings. The van der Waals surface area contributed by atoms with Gasteiger partial charge < -0.3 is 15.2 Å². The standard InChI is InChI=1S/C19H30N2O3/c1-14(2)24-17-6-4-5-16(11-17)18(22)12-20-19(23)13-21-9-7-15(3)8-10-21/h4-6,11,14-15,18,22H,7-10,12-13H2,1-3H3,(H,20,23). The molecule has 1 heterocycles. The van der Waals surface area contributed by atoms with Gasteiger partial charge in [-0.1, -0.05) is 19.1 Å². The number of carbonyl (C=O) groups excluding carboxylic acids is 1. The zero-order valence-corrected chi connectivity index (χ0v) is 15.0. The molecule has 0 aliphatic carbocycles. The fourth-order valence-electron chi connectivity index (χ4n) is 2.87. The molecule has 2 rings (SSSR count). The van der Waals surface area contributed by atoms with Crippen LogP contribution in [0.1, 0.15) is 45.3 Å². The van der Waals surface area contributed by atoms with Gasteiger partial charge in [-0.3, -0.25) is 9.69 Å². The second-order valence-electron chi connectivity index (χ2n) is 7.02. The first-order chi connectivity index (χ1) is 11.4. The Hall–Kier alpha value is -1.59. The van der Waals surface area contributed by atoms with Crippen molar-refractivity contribution in [1.29, 1.82) is 0 Å². The van der Waals surface area contributed by atoms with Crippen molar-refractivity contribution in [2.24, 2.45) is 5.92 Å². The molecule has 1 unspecified atom stereocenters. The summed E-state index contributed by atoms with van der Waals surface area (Å²) in [6.07, 6.45) is 1.66. The lowest BCUT2D eigenvalue weighted by Gasteiger charge is -2.29. The molecule has 1 fully saturated rings. The molecule has 1 aliphatic rings. The topological polar surface area (TPSA) is 61.8 Å². The number of nitrogens with one attached hydrogen (secondary N) is 1. The predicted molar refractivity (Wildman–Crippen MR) is 95.0 cm³/mol. The lowest BCUT2D eigenvalue weighted by Crippen LogP contribution is -2.42. The highest BCUT2D eigenvalue weighted by atomic mass is 16.5. The fourth-order valence-corrected chi connectivity index (χ4v) is 2.87. The summed E-state index contributed by atoms with van der Waals surface area (Å²) in [6, 6.07) is 7.39. The van der Waals surface area contributed by atoms with E-state index in [1.807, 2.05) is 38.1 Å². The number of likely N-dealkylation sites (tertiary alicyclic amines) is 1. The first-order valence-corrected chi connectivity index (χ1v) is 8.87. The number of piperidine rings is 1. The van der Waals surface area contributed by atoms with Gasteiger partial charge in [-0.2, -0.15) is 0 Å². The van der Waals surface area contributed by atoms with Crippen molar-refractivity contribution in [3.8, 4) is 5.75 Å². The molecule has 0 radical (unpaired) electrons. The third-order valence-corrected chi connectivity index (χ3v) is 4.35. The van der Waals surface area contributed by atoms with Gasteiger partial charge in [0.2, 0.25) is 5.91 Å². The van der Waals surface area contributed by atoms with Crippen LogP contribution in [-0.2, 0) is 4.79 Å². The fraction of sp³-hybridized carbons (Fsp3) is 0.632. The summed E-state index contributed by atoms with van der Waals surface area (Å²) in [4.78, 5) is 14.2. The lowest BCUT2D eigenvalue weighted by atomic mass is 9.99. The minimum atomic E-state index is -0.731. The van der Waals surface area contributed by atoms with E-state index >= 15 is 0 Å². The highest BCUT2D eigenvalue weighted by molar-refractivity contribution is 5.78. The van der Waals surface area contributed by atoms with Gasteiger partial charge in [-0.15, -0.1) is 0 Å². The maximum absolute atomic E-state index is 12.1. The molecule has 0 spiro atoms. The van der Waals surface area contributed by atoms with E-state index in [9.17, 15) is 9.90 Å². The molecule has 24 heavy (non-hydrogen) atoms. The van der Waals surface area contributed by atoms with Crippen LogP contribution in [0.3, 0.4) is 0 Å². The summed E-state index contributed by atoms with van der Waals surface area (Å²) in [5.74, 6) is 1.46. The monoisotopic (exact) mass is 334 g/mol. The number of ether oxygens (including phenoxy) is 1. The zero-order valence-electron chi connectivity index (χ0n) is 15.0. The van der Waals surface area contributed by atoms with E-state index in [0.29, 0.717) is 6.54 Å². The average Bonchev–Trinajstić information content (AvgIpc) is 2.54. The molecular formula is C19H30N2O3. The van der Waals surface area contributed by atoms with Crippen molar-refractivity contribution in [2.75, 3.05) is 26.2 Å². The molecule has 1 saturated heterocycles. The third kappa shape index (κ3) is 6.13. The normalized spacial score (nSPS) is 17.7. The van der Waals surface area contributed by atoms with Gasteiger partial charge in [0.25, 0.3) is 0 Å². The van der Waals surface area contributed by atoms with E-state index in [1.54, 1.807) is 0 Å². The molecular weight excluding hydrogens is 304 g/mol. The first-order valence-electron chi connectivity index (χ1n) is 8.87. The van der Waals surface area contributed by atoms with Crippen molar-refractivity contribution in [3.05, 3.63) is 29.8 Å². The van der Waals surface area contributed by atoms with E-state index in [2.05, 4.69) is 17.1 Å². The summed E-state index contributed by atoms with van der Waals surface area (Å²) in [6.45, 7) is 8.77. The van der Waals surface area contributed by atoms with Gasteiger partial charge >= 0.3 is 0 Å². The van der Waals surface area contributed by atoms with Crippen LogP contribution in [0.25, 0.3) is 0 Å². The number of aliphatic hydroxyl groups is 1. The van der Waals surface area contributed by atoms with Crippen molar-refractivity contribution >= 4 is 5.91 Å². The molecule has 1 aromatic carbocycles. The Kier molecular flexibility index (Phi) is 7.06. The van der Waals surface area contributed by atoms with Crippen molar-refractivity contribution in [1.82, 2.24) is 10.2 Å². The lowest BCUT2D eigenvalue weighted by molar-refractivity contribution is -0.123. The largest absolute Gasteiger partial charge is 0.491 e. The second kappa shape index (κ2) is 9.04. The molecule has 1 amide bonds. The van der Waals surface area contributed by atoms with Gasteiger partial charge in [0.15, 0.2) is 0 Å². The molecule has 5 nitrogen and oxygen atoms in total. The molecule has 134 valence electrons. The number of hydrogen-bond acceptors (Lipinski definition) is 4. The second-order valence-corrected chi connectivity index (χ2v) is 7.02. The molecule has 0 aromatic heterocycles. The Morgan fingerprint density at radius 2 is 2.08 bits per heavy atom. The zero-order chi connectivity index (χ0) is 17.5. The Morgan fingerprint density at radius 1 is 1.38 bits per heavy atom. The van der Waals surface area contributed by atoms with Crippen LogP contribution < -0.4 is 10.1 Å². The molecule has 2 N–H and O–H groups in total. The summed E-state index contributed by atoms with van der Waals surface area (Å²) >= 11 is 0. The Morgan fingerprint density at radius 3 is 2.75 bits per heavy atom. The Bertz CT molecular complexity index is 525. The van der Waals surface area contributed by atoms with Crippen LogP contribution in [0.2, 0.25) is 0 Å². The number of rotatable bonds is 7. The maximum atomic E-state index is 12.1. The van der Waals surface area contributed by atoms with Crippen LogP contribution in [0.4, 0.5) is 0 Å². The summed E-state index contributed by atoms with van der Waals surface area (Å²) in [5, 5.41) is 13.1. The summed E-state index contributed by atoms with van der Waals surface area (Å²) in [5.41, 5.74) is 0.750. The van der Waals surface area contributed by atoms with Crippen molar-refractivity contribution in [2.45, 2.75) is 45.8 Å². The van der Waals surface area contributed by atoms with Crippen molar-refractivity contribution < 1.29 is 14.6 Å². The number of hydrogen-bond donors (Lipinski definition) is 2. The van der Waals surface area contributed by atoms with E-state index in [0.717, 1.165) is 43.2 Å². The number of benzene rings is 1. The number of carbonyl (C=O) groups is 1. The summed E-state index contributed by atoms with van der Waals surface area (Å²) in [7, 11) is 0. The highest BCUT2D eigenvalue weighted by Gasteiger charge is 2.18. The third-order valence-electron chi connectivity index (χ3n) is 4.35. The number of nitrogens with zero attached hydrogens (tertiary/aromatic N) is 1. The summed E-state index contributed by atoms with van der Waals surface area (Å²) < 4.78 is 5.63. The molecule has 0 bridgehead atoms. The van der Waals surface area contributed by atoms with Gasteiger partial charge in [0.1, 0.15) is 5.75 Å². The van der Waals surface area contributed by atoms with Gasteiger partial charge in [0.05, 0.1) is 18.8 Å². The molecule has 0 saturated carbocycles. The quantitative estimate of drug-likeness (QED) is 0.803. The van der Waals surface area contributed by atoms with E-state index in [4.69, 9.17) is 4.74 Å². The van der Waals surface area contributed by atoms with Gasteiger partial charge in [0, 0.05) is 6.54 Å². The van der Waals surface area contributed by atoms with Crippen LogP contribution in [0, 0.1) is 5.92 Å². The van der Waals surface area contributed by atoms with Crippen LogP contribution in [0.15, 0.2) is 24.3 Å². The SMILES string of the molecule is CC1CCN(CC(=O)NCC(O)c2cccc(OC(C)C)c2)CC1. The number of aliphatic hydroxyl groups excluding tert-OH is 1. The van der Waals surface area contributed by atoms with Crippen LogP contribution in [-0.4, -0.2) is 48.2 Å². The van der Waals surface area contributed by atoms with Crippen molar-refractivity contribution in [3.63, 3.8) is 0 Å².